The molecule has 1 rings (SSSR count). The summed E-state index contributed by atoms with van der Waals surface area (Å²) in [6, 6.07) is 8.21. The van der Waals surface area contributed by atoms with Gasteiger partial charge in [-0.2, -0.15) is 0 Å². The van der Waals surface area contributed by atoms with Gasteiger partial charge in [0, 0.05) is 45.8 Å². The van der Waals surface area contributed by atoms with Crippen molar-refractivity contribution in [2.24, 2.45) is 11.7 Å². The van der Waals surface area contributed by atoms with E-state index < -0.39 is 0 Å². The van der Waals surface area contributed by atoms with Gasteiger partial charge in [-0.1, -0.05) is 19.1 Å². The summed E-state index contributed by atoms with van der Waals surface area (Å²) in [5, 5.41) is 0. The number of carbonyl (C=O) groups excluding carboxylic acids is 1. The molecule has 0 saturated carbocycles. The zero-order valence-corrected chi connectivity index (χ0v) is 11.7. The normalized spacial score (nSPS) is 12.1. The molecule has 0 fully saturated rings. The number of nitrogens with zero attached hydrogens (tertiary/aromatic N) is 2. The summed E-state index contributed by atoms with van der Waals surface area (Å²) < 4.78 is 0. The van der Waals surface area contributed by atoms with E-state index in [0.29, 0.717) is 13.1 Å². The fourth-order valence-corrected chi connectivity index (χ4v) is 1.73. The van der Waals surface area contributed by atoms with Crippen LogP contribution in [0.4, 0.5) is 5.69 Å². The van der Waals surface area contributed by atoms with Gasteiger partial charge in [-0.25, -0.2) is 0 Å². The lowest BCUT2D eigenvalue weighted by Gasteiger charge is -2.21. The van der Waals surface area contributed by atoms with E-state index in [9.17, 15) is 4.79 Å². The summed E-state index contributed by atoms with van der Waals surface area (Å²) in [4.78, 5) is 15.7. The molecule has 0 spiro atoms. The van der Waals surface area contributed by atoms with Crippen LogP contribution in [0.1, 0.15) is 12.5 Å². The number of rotatable bonds is 5. The van der Waals surface area contributed by atoms with Crippen LogP contribution in [0.2, 0.25) is 0 Å². The third-order valence-corrected chi connectivity index (χ3v) is 3.02. The van der Waals surface area contributed by atoms with E-state index in [1.165, 1.54) is 0 Å². The summed E-state index contributed by atoms with van der Waals surface area (Å²) in [6.45, 7) is 2.87. The van der Waals surface area contributed by atoms with E-state index in [4.69, 9.17) is 5.73 Å². The van der Waals surface area contributed by atoms with Crippen molar-refractivity contribution in [2.75, 3.05) is 32.6 Å². The number of benzene rings is 1. The highest BCUT2D eigenvalue weighted by molar-refractivity contribution is 5.78. The Morgan fingerprint density at radius 1 is 1.22 bits per heavy atom. The smallest absolute Gasteiger partial charge is 0.226 e. The maximum Gasteiger partial charge on any atom is 0.226 e. The maximum absolute atomic E-state index is 11.9. The average Bonchev–Trinajstić information content (AvgIpc) is 2.37. The first-order valence-corrected chi connectivity index (χ1v) is 6.17. The zero-order valence-electron chi connectivity index (χ0n) is 11.7. The van der Waals surface area contributed by atoms with Crippen molar-refractivity contribution in [1.29, 1.82) is 0 Å². The minimum Gasteiger partial charge on any atom is -0.378 e. The van der Waals surface area contributed by atoms with E-state index in [2.05, 4.69) is 17.0 Å². The summed E-state index contributed by atoms with van der Waals surface area (Å²) in [7, 11) is 5.83. The molecule has 0 bridgehead atoms. The lowest BCUT2D eigenvalue weighted by Crippen LogP contribution is -2.34. The third-order valence-electron chi connectivity index (χ3n) is 3.02. The number of amides is 1. The van der Waals surface area contributed by atoms with E-state index in [1.807, 2.05) is 40.2 Å². The molecule has 4 nitrogen and oxygen atoms in total. The lowest BCUT2D eigenvalue weighted by atomic mass is 10.1. The van der Waals surface area contributed by atoms with Crippen LogP contribution < -0.4 is 10.6 Å². The first-order chi connectivity index (χ1) is 8.45. The molecule has 100 valence electrons. The number of nitrogens with two attached hydrogens (primary N) is 1. The van der Waals surface area contributed by atoms with Crippen molar-refractivity contribution < 1.29 is 4.79 Å². The van der Waals surface area contributed by atoms with E-state index in [0.717, 1.165) is 11.3 Å². The van der Waals surface area contributed by atoms with Gasteiger partial charge < -0.3 is 15.5 Å². The minimum absolute atomic E-state index is 0.0918. The summed E-state index contributed by atoms with van der Waals surface area (Å²) in [6.07, 6.45) is 0. The Bertz CT molecular complexity index is 387. The second-order valence-electron chi connectivity index (χ2n) is 4.89. The molecule has 1 atom stereocenters. The van der Waals surface area contributed by atoms with Crippen LogP contribution in [-0.4, -0.2) is 38.5 Å². The Balaban J connectivity index is 2.64. The van der Waals surface area contributed by atoms with Gasteiger partial charge >= 0.3 is 0 Å². The Morgan fingerprint density at radius 2 is 1.78 bits per heavy atom. The molecule has 1 aromatic rings. The number of hydrogen-bond acceptors (Lipinski definition) is 3. The predicted molar refractivity (Wildman–Crippen MR) is 75.5 cm³/mol. The molecule has 4 heteroatoms. The molecule has 0 saturated heterocycles. The summed E-state index contributed by atoms with van der Waals surface area (Å²) >= 11 is 0. The number of carbonyl (C=O) groups is 1. The molecule has 0 aromatic heterocycles. The second-order valence-corrected chi connectivity index (χ2v) is 4.89. The first-order valence-electron chi connectivity index (χ1n) is 6.17. The molecular weight excluding hydrogens is 226 g/mol. The molecule has 0 heterocycles. The molecule has 0 radical (unpaired) electrons. The van der Waals surface area contributed by atoms with Crippen LogP contribution in [0.3, 0.4) is 0 Å². The van der Waals surface area contributed by atoms with Crippen molar-refractivity contribution in [3.05, 3.63) is 29.8 Å². The summed E-state index contributed by atoms with van der Waals surface area (Å²) in [5.74, 6) is -0.0229. The molecule has 0 aliphatic rings. The largest absolute Gasteiger partial charge is 0.378 e. The predicted octanol–water partition coefficient (Wildman–Crippen LogP) is 1.31. The highest BCUT2D eigenvalue weighted by atomic mass is 16.2. The SMILES string of the molecule is CC(CN)C(=O)N(C)Cc1ccc(N(C)C)cc1. The fraction of sp³-hybridized carbons (Fsp3) is 0.500. The van der Waals surface area contributed by atoms with Gasteiger partial charge in [0.05, 0.1) is 0 Å². The van der Waals surface area contributed by atoms with Gasteiger partial charge in [-0.15, -0.1) is 0 Å². The lowest BCUT2D eigenvalue weighted by molar-refractivity contribution is -0.133. The molecule has 0 aliphatic heterocycles. The number of hydrogen-bond donors (Lipinski definition) is 1. The third kappa shape index (κ3) is 3.74. The second kappa shape index (κ2) is 6.40. The fourth-order valence-electron chi connectivity index (χ4n) is 1.73. The van der Waals surface area contributed by atoms with Crippen LogP contribution in [-0.2, 0) is 11.3 Å². The van der Waals surface area contributed by atoms with Gasteiger partial charge in [0.2, 0.25) is 5.91 Å². The Hall–Kier alpha value is -1.55. The van der Waals surface area contributed by atoms with E-state index in [-0.39, 0.29) is 11.8 Å². The Kier molecular flexibility index (Phi) is 5.16. The van der Waals surface area contributed by atoms with Gasteiger partial charge in [0.1, 0.15) is 0 Å². The molecule has 1 amide bonds. The van der Waals surface area contributed by atoms with Gasteiger partial charge in [-0.3, -0.25) is 4.79 Å². The Labute approximate surface area is 109 Å². The average molecular weight is 249 g/mol. The van der Waals surface area contributed by atoms with Crippen LogP contribution >= 0.6 is 0 Å². The van der Waals surface area contributed by atoms with E-state index >= 15 is 0 Å². The van der Waals surface area contributed by atoms with Crippen molar-refractivity contribution in [3.8, 4) is 0 Å². The van der Waals surface area contributed by atoms with Crippen molar-refractivity contribution in [3.63, 3.8) is 0 Å². The zero-order chi connectivity index (χ0) is 13.7. The van der Waals surface area contributed by atoms with Crippen LogP contribution in [0.15, 0.2) is 24.3 Å². The van der Waals surface area contributed by atoms with Crippen molar-refractivity contribution >= 4 is 11.6 Å². The maximum atomic E-state index is 11.9. The molecule has 2 N–H and O–H groups in total. The van der Waals surface area contributed by atoms with E-state index in [1.54, 1.807) is 4.90 Å². The molecule has 0 aliphatic carbocycles. The number of anilines is 1. The monoisotopic (exact) mass is 249 g/mol. The minimum atomic E-state index is -0.115. The molecular formula is C14H23N3O. The van der Waals surface area contributed by atoms with Crippen LogP contribution in [0.25, 0.3) is 0 Å². The molecule has 18 heavy (non-hydrogen) atoms. The van der Waals surface area contributed by atoms with Gasteiger partial charge in [0.15, 0.2) is 0 Å². The van der Waals surface area contributed by atoms with Crippen molar-refractivity contribution in [2.45, 2.75) is 13.5 Å². The van der Waals surface area contributed by atoms with Crippen LogP contribution in [0, 0.1) is 5.92 Å². The summed E-state index contributed by atoms with van der Waals surface area (Å²) in [5.41, 5.74) is 7.79. The van der Waals surface area contributed by atoms with Gasteiger partial charge in [0.25, 0.3) is 0 Å². The standard InChI is InChI=1S/C14H23N3O/c1-11(9-15)14(18)17(4)10-12-5-7-13(8-6-12)16(2)3/h5-8,11H,9-10,15H2,1-4H3. The first kappa shape index (κ1) is 14.5. The molecule has 1 unspecified atom stereocenters. The van der Waals surface area contributed by atoms with Crippen LogP contribution in [0.5, 0.6) is 0 Å². The topological polar surface area (TPSA) is 49.6 Å². The van der Waals surface area contributed by atoms with Gasteiger partial charge in [-0.05, 0) is 17.7 Å². The highest BCUT2D eigenvalue weighted by Crippen LogP contribution is 2.14. The highest BCUT2D eigenvalue weighted by Gasteiger charge is 2.15. The van der Waals surface area contributed by atoms with Crippen molar-refractivity contribution in [1.82, 2.24) is 4.90 Å². The molecule has 1 aromatic carbocycles. The quantitative estimate of drug-likeness (QED) is 0.856. The Morgan fingerprint density at radius 3 is 2.22 bits per heavy atom.